The van der Waals surface area contributed by atoms with E-state index in [0.717, 1.165) is 75.0 Å². The first-order valence-electron chi connectivity index (χ1n) is 19.0. The van der Waals surface area contributed by atoms with Crippen LogP contribution >= 0.6 is 23.2 Å². The molecule has 56 heavy (non-hydrogen) atoms. The molecular formula is C42H47Cl2FN6O5. The summed E-state index contributed by atoms with van der Waals surface area (Å²) in [5, 5.41) is 25.7. The van der Waals surface area contributed by atoms with Crippen LogP contribution in [0.5, 0.6) is 5.75 Å². The number of halogens is 3. The van der Waals surface area contributed by atoms with Gasteiger partial charge >= 0.3 is 5.97 Å². The van der Waals surface area contributed by atoms with E-state index in [1.54, 1.807) is 36.4 Å². The zero-order valence-electron chi connectivity index (χ0n) is 31.8. The average molecular weight is 806 g/mol. The Morgan fingerprint density at radius 2 is 1.84 bits per heavy atom. The molecule has 2 aromatic heterocycles. The van der Waals surface area contributed by atoms with Crippen LogP contribution in [0.4, 0.5) is 10.1 Å². The molecule has 0 unspecified atom stereocenters. The van der Waals surface area contributed by atoms with Crippen molar-refractivity contribution in [2.75, 3.05) is 32.1 Å². The third-order valence-corrected chi connectivity index (χ3v) is 12.9. The van der Waals surface area contributed by atoms with Gasteiger partial charge < -0.3 is 30.2 Å². The highest BCUT2D eigenvalue weighted by Crippen LogP contribution is 2.63. The number of aromatic nitrogens is 3. The van der Waals surface area contributed by atoms with Gasteiger partial charge in [0, 0.05) is 73.8 Å². The van der Waals surface area contributed by atoms with Crippen molar-refractivity contribution >= 4 is 52.7 Å². The van der Waals surface area contributed by atoms with Crippen molar-refractivity contribution in [3.63, 3.8) is 0 Å². The summed E-state index contributed by atoms with van der Waals surface area (Å²) in [7, 11) is 3.35. The number of carbonyl (C=O) groups is 2. The van der Waals surface area contributed by atoms with Gasteiger partial charge in [-0.3, -0.25) is 19.5 Å². The number of carboxylic acid groups (broad SMARTS) is 1. The second-order valence-corrected chi connectivity index (χ2v) is 16.4. The van der Waals surface area contributed by atoms with Crippen molar-refractivity contribution in [3.05, 3.63) is 92.7 Å². The minimum Gasteiger partial charge on any atom is -0.496 e. The number of methoxy groups -OCH3 is 1. The van der Waals surface area contributed by atoms with E-state index in [0.29, 0.717) is 41.2 Å². The van der Waals surface area contributed by atoms with Crippen LogP contribution in [-0.4, -0.2) is 74.4 Å². The fourth-order valence-corrected chi connectivity index (χ4v) is 9.25. The number of carbonyl (C=O) groups excluding carboxylic acids is 1. The van der Waals surface area contributed by atoms with Crippen LogP contribution in [-0.2, 0) is 31.4 Å². The molecule has 0 spiro atoms. The van der Waals surface area contributed by atoms with Crippen LogP contribution in [0.25, 0.3) is 23.0 Å². The largest absolute Gasteiger partial charge is 0.496 e. The Morgan fingerprint density at radius 3 is 2.54 bits per heavy atom. The monoisotopic (exact) mass is 804 g/mol. The van der Waals surface area contributed by atoms with Crippen molar-refractivity contribution in [1.29, 1.82) is 0 Å². The maximum atomic E-state index is 15.6. The van der Waals surface area contributed by atoms with Gasteiger partial charge in [0.15, 0.2) is 5.82 Å². The third-order valence-electron chi connectivity index (χ3n) is 12.1. The smallest absolute Gasteiger partial charge is 0.309 e. The number of fused-ring (bicyclic) bond motifs is 3. The minimum absolute atomic E-state index is 0.0237. The first-order valence-corrected chi connectivity index (χ1v) is 19.8. The maximum Gasteiger partial charge on any atom is 0.309 e. The number of nitrogens with one attached hydrogen (secondary N) is 2. The summed E-state index contributed by atoms with van der Waals surface area (Å²) < 4.78 is 23.0. The number of aliphatic hydroxyl groups excluding tert-OH is 1. The first kappa shape index (κ1) is 39.9. The summed E-state index contributed by atoms with van der Waals surface area (Å²) in [6.45, 7) is 4.57. The Kier molecular flexibility index (Phi) is 11.6. The lowest BCUT2D eigenvalue weighted by Gasteiger charge is -2.32. The normalized spacial score (nSPS) is 21.2. The number of anilines is 1. The van der Waals surface area contributed by atoms with Crippen molar-refractivity contribution in [2.24, 2.45) is 17.9 Å². The van der Waals surface area contributed by atoms with Crippen molar-refractivity contribution in [2.45, 2.75) is 71.0 Å². The maximum absolute atomic E-state index is 15.6. The standard InChI is InChI=1S/C42H47Cl2FN6O5/c1-25(23-52)46-20-27-21-47-32(19-35(27)56-3)30(45)18-26-6-4-7-28(36(26)43)29-8-5-9-31(37(29)44)49-39(53)38-48-33-22-51(16-10-34(33)50(38)2)17-15-41-11-13-42(24-41,14-12-41)40(54)55/h4-9,18-19,21,25,46,52H,10-17,20,22-24H2,1-3H3,(H,49,53)(H,54,55)/b30-18-/t25-,41?,42?/m0/s1. The molecule has 0 radical (unpaired) electrons. The molecule has 296 valence electrons. The number of nitrogens with zero attached hydrogens (tertiary/aromatic N) is 4. The molecule has 7 rings (SSSR count). The Morgan fingerprint density at radius 1 is 1.11 bits per heavy atom. The lowest BCUT2D eigenvalue weighted by molar-refractivity contribution is -0.148. The van der Waals surface area contributed by atoms with Crippen molar-refractivity contribution in [1.82, 2.24) is 24.8 Å². The number of hydrogen-bond acceptors (Lipinski definition) is 8. The molecule has 2 aliphatic carbocycles. The number of aliphatic carboxylic acids is 1. The van der Waals surface area contributed by atoms with E-state index in [9.17, 15) is 19.8 Å². The summed E-state index contributed by atoms with van der Waals surface area (Å²) in [4.78, 5) is 37.1. The van der Waals surface area contributed by atoms with Gasteiger partial charge in [-0.25, -0.2) is 9.37 Å². The van der Waals surface area contributed by atoms with Crippen LogP contribution < -0.4 is 15.4 Å². The summed E-state index contributed by atoms with van der Waals surface area (Å²) in [6, 6.07) is 11.9. The molecule has 1 amide bonds. The Bertz CT molecular complexity index is 2180. The predicted molar refractivity (Wildman–Crippen MR) is 215 cm³/mol. The number of hydrogen-bond donors (Lipinski definition) is 4. The zero-order valence-corrected chi connectivity index (χ0v) is 33.3. The van der Waals surface area contributed by atoms with Crippen LogP contribution in [0.2, 0.25) is 10.0 Å². The summed E-state index contributed by atoms with van der Waals surface area (Å²) in [6.07, 6.45) is 8.90. The van der Waals surface area contributed by atoms with Crippen LogP contribution in [0.15, 0.2) is 48.7 Å². The summed E-state index contributed by atoms with van der Waals surface area (Å²) in [5.74, 6) is -0.917. The number of aliphatic hydroxyl groups is 1. The molecule has 4 aromatic rings. The van der Waals surface area contributed by atoms with Gasteiger partial charge in [-0.1, -0.05) is 53.5 Å². The van der Waals surface area contributed by atoms with Gasteiger partial charge in [-0.05, 0) is 75.1 Å². The number of amides is 1. The van der Waals surface area contributed by atoms with Gasteiger partial charge in [-0.2, -0.15) is 0 Å². The second-order valence-electron chi connectivity index (χ2n) is 15.6. The van der Waals surface area contributed by atoms with Crippen LogP contribution in [0, 0.1) is 10.8 Å². The predicted octanol–water partition coefficient (Wildman–Crippen LogP) is 7.77. The Balaban J connectivity index is 1.04. The SMILES string of the molecule is COc1cc(/C(F)=C/c2cccc(-c3cccc(NC(=O)c4nc5c(n4C)CCN(CCC46CCC(C(=O)O)(CC4)C6)C5)c3Cl)c2Cl)ncc1CN[C@@H](C)CO. The molecule has 1 aliphatic heterocycles. The first-order chi connectivity index (χ1) is 26.9. The minimum atomic E-state index is -0.636. The molecule has 1 atom stereocenters. The zero-order chi connectivity index (χ0) is 39.8. The Hall–Kier alpha value is -4.33. The Labute approximate surface area is 335 Å². The van der Waals surface area contributed by atoms with Gasteiger partial charge in [-0.15, -0.1) is 0 Å². The molecule has 2 saturated carbocycles. The third kappa shape index (κ3) is 7.82. The van der Waals surface area contributed by atoms with E-state index in [2.05, 4.69) is 20.5 Å². The lowest BCUT2D eigenvalue weighted by atomic mass is 9.80. The van der Waals surface area contributed by atoms with Crippen molar-refractivity contribution < 1.29 is 28.9 Å². The van der Waals surface area contributed by atoms with E-state index in [1.807, 2.05) is 18.5 Å². The second kappa shape index (κ2) is 16.3. The molecule has 3 heterocycles. The molecule has 11 nitrogen and oxygen atoms in total. The van der Waals surface area contributed by atoms with E-state index in [4.69, 9.17) is 32.9 Å². The quantitative estimate of drug-likeness (QED) is 0.101. The van der Waals surface area contributed by atoms with E-state index < -0.39 is 23.1 Å². The number of benzene rings is 2. The van der Waals surface area contributed by atoms with E-state index in [1.165, 1.54) is 25.4 Å². The highest BCUT2D eigenvalue weighted by atomic mass is 35.5. The number of rotatable bonds is 14. The van der Waals surface area contributed by atoms with Gasteiger partial charge in [0.25, 0.3) is 5.91 Å². The molecule has 4 N–H and O–H groups in total. The van der Waals surface area contributed by atoms with Crippen LogP contribution in [0.3, 0.4) is 0 Å². The molecule has 2 fully saturated rings. The van der Waals surface area contributed by atoms with Crippen LogP contribution in [0.1, 0.15) is 84.3 Å². The molecular weight excluding hydrogens is 758 g/mol. The molecule has 0 saturated heterocycles. The van der Waals surface area contributed by atoms with Crippen molar-refractivity contribution in [3.8, 4) is 16.9 Å². The number of ether oxygens (including phenoxy) is 1. The fraction of sp³-hybridized carbons (Fsp3) is 0.429. The lowest BCUT2D eigenvalue weighted by Crippen LogP contribution is -2.34. The topological polar surface area (TPSA) is 142 Å². The van der Waals surface area contributed by atoms with Gasteiger partial charge in [0.2, 0.25) is 0 Å². The summed E-state index contributed by atoms with van der Waals surface area (Å²) in [5.41, 5.74) is 4.18. The number of carboxylic acids is 1. The molecule has 14 heteroatoms. The molecule has 2 aromatic carbocycles. The average Bonchev–Trinajstić information content (AvgIpc) is 3.88. The van der Waals surface area contributed by atoms with Gasteiger partial charge in [0.05, 0.1) is 40.6 Å². The summed E-state index contributed by atoms with van der Waals surface area (Å²) >= 11 is 13.8. The molecule has 3 aliphatic rings. The highest BCUT2D eigenvalue weighted by molar-refractivity contribution is 6.39. The van der Waals surface area contributed by atoms with E-state index in [-0.39, 0.29) is 39.6 Å². The molecule has 2 bridgehead atoms. The van der Waals surface area contributed by atoms with Gasteiger partial charge in [0.1, 0.15) is 17.3 Å². The number of pyridine rings is 1. The number of imidazole rings is 1. The highest BCUT2D eigenvalue weighted by Gasteiger charge is 2.57. The fourth-order valence-electron chi connectivity index (χ4n) is 8.69. The van der Waals surface area contributed by atoms with E-state index >= 15 is 4.39 Å².